The normalized spacial score (nSPS) is 11.3. The number of nitrogen functional groups attached to an aromatic ring is 2. The Bertz CT molecular complexity index is 635. The van der Waals surface area contributed by atoms with Gasteiger partial charge in [-0.05, 0) is 66.8 Å². The largest absolute Gasteiger partial charge is 0.397 e. The first-order valence-corrected chi connectivity index (χ1v) is 12.9. The molecule has 6 heteroatoms. The zero-order valence-corrected chi connectivity index (χ0v) is 18.6. The van der Waals surface area contributed by atoms with E-state index in [1.807, 2.05) is 0 Å². The Morgan fingerprint density at radius 1 is 0.680 bits per heavy atom. The smallest absolute Gasteiger partial charge is 0.0590 e. The van der Waals surface area contributed by atoms with Gasteiger partial charge in [-0.1, -0.05) is 6.92 Å². The van der Waals surface area contributed by atoms with Gasteiger partial charge in [0.15, 0.2) is 0 Å². The fourth-order valence-corrected chi connectivity index (χ4v) is 5.45. The van der Waals surface area contributed by atoms with E-state index in [2.05, 4.69) is 56.2 Å². The van der Waals surface area contributed by atoms with Crippen LogP contribution in [-0.2, 0) is 0 Å². The molecule has 0 saturated carbocycles. The SMILES string of the molecule is CCC(c1cc(SC)c(N)c(SC)c1)c1cc(SC)c(N)c(SC)c1. The summed E-state index contributed by atoms with van der Waals surface area (Å²) < 4.78 is 0. The Morgan fingerprint density at radius 2 is 0.960 bits per heavy atom. The van der Waals surface area contributed by atoms with E-state index in [0.29, 0.717) is 5.92 Å². The third kappa shape index (κ3) is 4.41. The fourth-order valence-electron chi connectivity index (χ4n) is 2.98. The van der Waals surface area contributed by atoms with Gasteiger partial charge in [0.05, 0.1) is 11.4 Å². The highest BCUT2D eigenvalue weighted by molar-refractivity contribution is 8.00. The molecule has 136 valence electrons. The minimum Gasteiger partial charge on any atom is -0.397 e. The molecule has 0 spiro atoms. The molecule has 0 atom stereocenters. The van der Waals surface area contributed by atoms with Gasteiger partial charge in [0.1, 0.15) is 0 Å². The maximum absolute atomic E-state index is 6.30. The Morgan fingerprint density at radius 3 is 1.16 bits per heavy atom. The molecule has 0 fully saturated rings. The molecule has 0 aliphatic carbocycles. The lowest BCUT2D eigenvalue weighted by Gasteiger charge is -2.21. The van der Waals surface area contributed by atoms with Gasteiger partial charge in [-0.3, -0.25) is 0 Å². The summed E-state index contributed by atoms with van der Waals surface area (Å²) in [5, 5.41) is 0. The Balaban J connectivity index is 2.61. The molecule has 0 radical (unpaired) electrons. The first kappa shape index (κ1) is 20.7. The summed E-state index contributed by atoms with van der Waals surface area (Å²) in [5.41, 5.74) is 17.0. The zero-order chi connectivity index (χ0) is 18.6. The minimum absolute atomic E-state index is 0.342. The van der Waals surface area contributed by atoms with Crippen LogP contribution in [0, 0.1) is 0 Å². The molecule has 0 aliphatic heterocycles. The van der Waals surface area contributed by atoms with Crippen LogP contribution in [0.4, 0.5) is 11.4 Å². The third-order valence-corrected chi connectivity index (χ3v) is 7.46. The van der Waals surface area contributed by atoms with E-state index in [1.54, 1.807) is 47.0 Å². The van der Waals surface area contributed by atoms with Crippen molar-refractivity contribution in [1.82, 2.24) is 0 Å². The highest BCUT2D eigenvalue weighted by atomic mass is 32.2. The molecular formula is C19H26N2S4. The Hall–Kier alpha value is -0.560. The third-order valence-electron chi connectivity index (χ3n) is 4.35. The van der Waals surface area contributed by atoms with Crippen LogP contribution in [-0.4, -0.2) is 25.0 Å². The van der Waals surface area contributed by atoms with Crippen LogP contribution in [0.15, 0.2) is 43.8 Å². The molecule has 2 nitrogen and oxygen atoms in total. The number of hydrogen-bond acceptors (Lipinski definition) is 6. The maximum Gasteiger partial charge on any atom is 0.0590 e. The van der Waals surface area contributed by atoms with Crippen molar-refractivity contribution in [3.63, 3.8) is 0 Å². The van der Waals surface area contributed by atoms with Crippen LogP contribution in [0.25, 0.3) is 0 Å². The van der Waals surface area contributed by atoms with Crippen LogP contribution in [0.5, 0.6) is 0 Å². The topological polar surface area (TPSA) is 52.0 Å². The Labute approximate surface area is 168 Å². The molecule has 25 heavy (non-hydrogen) atoms. The molecule has 0 heterocycles. The van der Waals surface area contributed by atoms with Crippen molar-refractivity contribution in [2.24, 2.45) is 0 Å². The molecule has 2 aromatic rings. The first-order chi connectivity index (χ1) is 12.0. The number of anilines is 2. The van der Waals surface area contributed by atoms with Gasteiger partial charge < -0.3 is 11.5 Å². The van der Waals surface area contributed by atoms with E-state index >= 15 is 0 Å². The van der Waals surface area contributed by atoms with Crippen LogP contribution < -0.4 is 11.5 Å². The summed E-state index contributed by atoms with van der Waals surface area (Å²) in [6.45, 7) is 2.24. The van der Waals surface area contributed by atoms with Gasteiger partial charge in [-0.15, -0.1) is 47.0 Å². The van der Waals surface area contributed by atoms with Gasteiger partial charge in [0, 0.05) is 25.5 Å². The molecule has 0 unspecified atom stereocenters. The van der Waals surface area contributed by atoms with E-state index < -0.39 is 0 Å². The predicted octanol–water partition coefficient (Wildman–Crippen LogP) is 6.28. The second-order valence-corrected chi connectivity index (χ2v) is 9.03. The van der Waals surface area contributed by atoms with E-state index in [-0.39, 0.29) is 0 Å². The maximum atomic E-state index is 6.30. The van der Waals surface area contributed by atoms with Crippen LogP contribution >= 0.6 is 47.0 Å². The molecular weight excluding hydrogens is 384 g/mol. The van der Waals surface area contributed by atoms with E-state index in [4.69, 9.17) is 11.5 Å². The number of nitrogens with two attached hydrogens (primary N) is 2. The minimum atomic E-state index is 0.342. The van der Waals surface area contributed by atoms with E-state index in [1.165, 1.54) is 11.1 Å². The average molecular weight is 411 g/mol. The van der Waals surface area contributed by atoms with Gasteiger partial charge in [0.2, 0.25) is 0 Å². The molecule has 0 bridgehead atoms. The quantitative estimate of drug-likeness (QED) is 0.414. The lowest BCUT2D eigenvalue weighted by atomic mass is 9.89. The Kier molecular flexibility index (Phi) is 7.80. The average Bonchev–Trinajstić information content (AvgIpc) is 2.64. The molecule has 2 aromatic carbocycles. The molecule has 0 aliphatic rings. The summed E-state index contributed by atoms with van der Waals surface area (Å²) in [7, 11) is 0. The summed E-state index contributed by atoms with van der Waals surface area (Å²) in [6.07, 6.45) is 9.38. The van der Waals surface area contributed by atoms with Gasteiger partial charge in [0.25, 0.3) is 0 Å². The predicted molar refractivity (Wildman–Crippen MR) is 121 cm³/mol. The molecule has 0 amide bonds. The monoisotopic (exact) mass is 410 g/mol. The van der Waals surface area contributed by atoms with Crippen molar-refractivity contribution >= 4 is 58.4 Å². The van der Waals surface area contributed by atoms with Gasteiger partial charge >= 0.3 is 0 Å². The molecule has 4 N–H and O–H groups in total. The van der Waals surface area contributed by atoms with Crippen molar-refractivity contribution in [1.29, 1.82) is 0 Å². The van der Waals surface area contributed by atoms with E-state index in [9.17, 15) is 0 Å². The summed E-state index contributed by atoms with van der Waals surface area (Å²) in [5.74, 6) is 0.342. The van der Waals surface area contributed by atoms with Crippen molar-refractivity contribution in [2.45, 2.75) is 38.8 Å². The number of rotatable bonds is 7. The van der Waals surface area contributed by atoms with Gasteiger partial charge in [-0.25, -0.2) is 0 Å². The number of benzene rings is 2. The number of thioether (sulfide) groups is 4. The highest BCUT2D eigenvalue weighted by Crippen LogP contribution is 2.41. The second kappa shape index (κ2) is 9.40. The van der Waals surface area contributed by atoms with Crippen molar-refractivity contribution in [3.05, 3.63) is 35.4 Å². The fraction of sp³-hybridized carbons (Fsp3) is 0.368. The second-order valence-electron chi connectivity index (χ2n) is 5.64. The van der Waals surface area contributed by atoms with E-state index in [0.717, 1.165) is 37.4 Å². The number of hydrogen-bond donors (Lipinski definition) is 2. The van der Waals surface area contributed by atoms with Gasteiger partial charge in [-0.2, -0.15) is 0 Å². The standard InChI is InChI=1S/C19H26N2S4/c1-6-13(11-7-14(22-2)18(20)15(8-11)23-3)12-9-16(24-4)19(21)17(10-12)25-5/h7-10,13H,6,20-21H2,1-5H3. The lowest BCUT2D eigenvalue weighted by Crippen LogP contribution is -2.04. The summed E-state index contributed by atoms with van der Waals surface area (Å²) in [4.78, 5) is 4.63. The van der Waals surface area contributed by atoms with Crippen molar-refractivity contribution in [3.8, 4) is 0 Å². The van der Waals surface area contributed by atoms with Crippen LogP contribution in [0.3, 0.4) is 0 Å². The van der Waals surface area contributed by atoms with Crippen LogP contribution in [0.1, 0.15) is 30.4 Å². The van der Waals surface area contributed by atoms with Crippen molar-refractivity contribution in [2.75, 3.05) is 36.5 Å². The first-order valence-electron chi connectivity index (χ1n) is 8.03. The molecule has 0 aromatic heterocycles. The highest BCUT2D eigenvalue weighted by Gasteiger charge is 2.18. The van der Waals surface area contributed by atoms with Crippen molar-refractivity contribution < 1.29 is 0 Å². The zero-order valence-electron chi connectivity index (χ0n) is 15.4. The molecule has 0 saturated heterocycles. The lowest BCUT2D eigenvalue weighted by molar-refractivity contribution is 0.767. The van der Waals surface area contributed by atoms with Crippen LogP contribution in [0.2, 0.25) is 0 Å². The summed E-state index contributed by atoms with van der Waals surface area (Å²) in [6, 6.07) is 9.01. The summed E-state index contributed by atoms with van der Waals surface area (Å²) >= 11 is 6.85. The molecule has 2 rings (SSSR count).